The van der Waals surface area contributed by atoms with Crippen LogP contribution >= 0.6 is 0 Å². The van der Waals surface area contributed by atoms with Crippen molar-refractivity contribution in [2.45, 2.75) is 6.92 Å². The Balaban J connectivity index is 1.38. The Labute approximate surface area is 233 Å². The quantitative estimate of drug-likeness (QED) is 0.196. The van der Waals surface area contributed by atoms with E-state index in [2.05, 4.69) is 96.8 Å². The first kappa shape index (κ1) is 23.5. The summed E-state index contributed by atoms with van der Waals surface area (Å²) in [5.41, 5.74) is 6.21. The summed E-state index contributed by atoms with van der Waals surface area (Å²) in [7, 11) is 0. The summed E-state index contributed by atoms with van der Waals surface area (Å²) >= 11 is 0.135. The minimum absolute atomic E-state index is 0.135. The molecule has 5 heteroatoms. The van der Waals surface area contributed by atoms with Crippen molar-refractivity contribution in [1.82, 2.24) is 15.0 Å². The van der Waals surface area contributed by atoms with Gasteiger partial charge >= 0.3 is 228 Å². The van der Waals surface area contributed by atoms with E-state index in [-0.39, 0.29) is 14.5 Å². The van der Waals surface area contributed by atoms with Gasteiger partial charge in [0.05, 0.1) is 0 Å². The number of rotatable bonds is 5. The number of nitrogens with zero attached hydrogens (tertiary/aromatic N) is 4. The molecule has 4 nitrogen and oxygen atoms in total. The number of hydrogen-bond acceptors (Lipinski definition) is 4. The second-order valence-electron chi connectivity index (χ2n) is 9.39. The van der Waals surface area contributed by atoms with Crippen LogP contribution in [0.15, 0.2) is 127 Å². The van der Waals surface area contributed by atoms with E-state index in [9.17, 15) is 0 Å². The monoisotopic (exact) mass is 568 g/mol. The Hall–Kier alpha value is -4.57. The van der Waals surface area contributed by atoms with Gasteiger partial charge in [0, 0.05) is 0 Å². The molecule has 0 unspecified atom stereocenters. The first-order chi connectivity index (χ1) is 19.2. The Morgan fingerprint density at radius 1 is 0.538 bits per heavy atom. The van der Waals surface area contributed by atoms with Crippen LogP contribution in [0.3, 0.4) is 0 Å². The Bertz CT molecular complexity index is 1930. The zero-order valence-electron chi connectivity index (χ0n) is 21.3. The molecule has 7 rings (SSSR count). The van der Waals surface area contributed by atoms with E-state index in [1.165, 1.54) is 25.0 Å². The maximum absolute atomic E-state index is 5.23. The molecule has 0 saturated carbocycles. The number of aromatic nitrogens is 3. The van der Waals surface area contributed by atoms with Crippen molar-refractivity contribution in [2.75, 3.05) is 4.90 Å². The van der Waals surface area contributed by atoms with Crippen LogP contribution in [0.25, 0.3) is 41.9 Å². The number of para-hydroxylation sites is 1. The molecular weight excluding hydrogens is 543 g/mol. The van der Waals surface area contributed by atoms with Crippen LogP contribution in [0.4, 0.5) is 17.3 Å². The van der Waals surface area contributed by atoms with Crippen molar-refractivity contribution in [2.24, 2.45) is 0 Å². The molecule has 0 spiro atoms. The summed E-state index contributed by atoms with van der Waals surface area (Å²) in [6.07, 6.45) is 0. The molecule has 0 radical (unpaired) electrons. The van der Waals surface area contributed by atoms with E-state index < -0.39 is 0 Å². The number of fused-ring (bicyclic) bond motifs is 3. The fourth-order valence-corrected chi connectivity index (χ4v) is 7.55. The van der Waals surface area contributed by atoms with Gasteiger partial charge in [0.25, 0.3) is 0 Å². The summed E-state index contributed by atoms with van der Waals surface area (Å²) < 4.78 is 2.55. The van der Waals surface area contributed by atoms with Crippen molar-refractivity contribution in [3.8, 4) is 22.5 Å². The summed E-state index contributed by atoms with van der Waals surface area (Å²) in [5, 5.41) is 2.53. The molecule has 0 atom stereocenters. The number of pyridine rings is 3. The van der Waals surface area contributed by atoms with Crippen molar-refractivity contribution in [3.05, 3.63) is 133 Å². The van der Waals surface area contributed by atoms with Crippen LogP contribution in [0, 0.1) is 6.92 Å². The zero-order chi connectivity index (χ0) is 26.2. The van der Waals surface area contributed by atoms with Gasteiger partial charge in [-0.3, -0.25) is 0 Å². The molecule has 4 aromatic heterocycles. The van der Waals surface area contributed by atoms with Gasteiger partial charge in [0.2, 0.25) is 0 Å². The minimum atomic E-state index is 0.135. The van der Waals surface area contributed by atoms with Gasteiger partial charge in [0.1, 0.15) is 0 Å². The van der Waals surface area contributed by atoms with Crippen LogP contribution in [0.5, 0.6) is 0 Å². The molecule has 0 N–H and O–H groups in total. The molecule has 0 aliphatic rings. The molecule has 39 heavy (non-hydrogen) atoms. The fraction of sp³-hybridized carbons (Fsp3) is 0.0294. The van der Waals surface area contributed by atoms with Gasteiger partial charge in [-0.1, -0.05) is 6.07 Å². The van der Waals surface area contributed by atoms with Gasteiger partial charge < -0.3 is 0 Å². The van der Waals surface area contributed by atoms with Crippen molar-refractivity contribution in [3.63, 3.8) is 0 Å². The van der Waals surface area contributed by atoms with Crippen LogP contribution in [0.2, 0.25) is 0 Å². The molecule has 186 valence electrons. The summed E-state index contributed by atoms with van der Waals surface area (Å²) in [6.45, 7) is 2.06. The topological polar surface area (TPSA) is 41.9 Å². The third-order valence-electron chi connectivity index (χ3n) is 6.79. The summed E-state index contributed by atoms with van der Waals surface area (Å²) in [6, 6.07) is 43.8. The van der Waals surface area contributed by atoms with E-state index >= 15 is 0 Å². The van der Waals surface area contributed by atoms with E-state index in [4.69, 9.17) is 15.0 Å². The Morgan fingerprint density at radius 2 is 1.21 bits per heavy atom. The van der Waals surface area contributed by atoms with Crippen LogP contribution < -0.4 is 4.90 Å². The van der Waals surface area contributed by atoms with Crippen LogP contribution in [-0.4, -0.2) is 29.5 Å². The van der Waals surface area contributed by atoms with E-state index in [1.807, 2.05) is 42.5 Å². The molecule has 4 heterocycles. The van der Waals surface area contributed by atoms with Gasteiger partial charge in [0.15, 0.2) is 0 Å². The van der Waals surface area contributed by atoms with E-state index in [0.717, 1.165) is 40.0 Å². The molecular formula is C34H24N4Se. The number of benzene rings is 3. The maximum atomic E-state index is 5.23. The second kappa shape index (κ2) is 9.95. The van der Waals surface area contributed by atoms with Crippen molar-refractivity contribution < 1.29 is 0 Å². The van der Waals surface area contributed by atoms with Gasteiger partial charge in [-0.2, -0.15) is 0 Å². The molecule has 0 aliphatic carbocycles. The van der Waals surface area contributed by atoms with Gasteiger partial charge in [-0.15, -0.1) is 0 Å². The Kier molecular flexibility index (Phi) is 6.01. The third kappa shape index (κ3) is 4.42. The first-order valence-corrected chi connectivity index (χ1v) is 14.6. The Morgan fingerprint density at radius 3 is 1.97 bits per heavy atom. The van der Waals surface area contributed by atoms with E-state index in [0.29, 0.717) is 0 Å². The third-order valence-corrected chi connectivity index (χ3v) is 9.20. The van der Waals surface area contributed by atoms with Gasteiger partial charge in [-0.05, 0) is 0 Å². The molecule has 0 saturated heterocycles. The van der Waals surface area contributed by atoms with Crippen molar-refractivity contribution in [1.29, 1.82) is 0 Å². The summed E-state index contributed by atoms with van der Waals surface area (Å²) in [4.78, 5) is 17.3. The second-order valence-corrected chi connectivity index (χ2v) is 11.5. The molecule has 0 aliphatic heterocycles. The standard InChI is InChI=1S/C34H24N4Se/c1-23-21-22-27-26-15-8-16-28(33(26)39-34(27)35-23)30-18-10-20-32(37-30)38(25-13-6-3-7-14-25)31-19-9-17-29(36-31)24-11-4-2-5-12-24/h2-22H,1H3. The van der Waals surface area contributed by atoms with Crippen LogP contribution in [0.1, 0.15) is 5.69 Å². The van der Waals surface area contributed by atoms with E-state index in [1.54, 1.807) is 0 Å². The number of anilines is 3. The average Bonchev–Trinajstić information content (AvgIpc) is 3.36. The summed E-state index contributed by atoms with van der Waals surface area (Å²) in [5.74, 6) is 1.65. The van der Waals surface area contributed by atoms with Crippen LogP contribution in [-0.2, 0) is 0 Å². The van der Waals surface area contributed by atoms with Crippen molar-refractivity contribution >= 4 is 51.2 Å². The number of aryl methyl sites for hydroxylation is 1. The molecule has 0 amide bonds. The number of hydrogen-bond donors (Lipinski definition) is 0. The molecule has 0 bridgehead atoms. The fourth-order valence-electron chi connectivity index (χ4n) is 4.95. The normalized spacial score (nSPS) is 11.2. The molecule has 0 fully saturated rings. The first-order valence-electron chi connectivity index (χ1n) is 12.9. The molecule has 7 aromatic rings. The SMILES string of the molecule is Cc1ccc2c(n1)[se]c1c(-c3cccc(N(c4ccccc4)c4cccc(-c5ccccc5)n4)n3)cccc12. The predicted octanol–water partition coefficient (Wildman–Crippen LogP) is 8.35. The molecule has 3 aromatic carbocycles. The zero-order valence-corrected chi connectivity index (χ0v) is 23.0. The predicted molar refractivity (Wildman–Crippen MR) is 162 cm³/mol. The van der Waals surface area contributed by atoms with Gasteiger partial charge in [-0.25, -0.2) is 0 Å². The average molecular weight is 568 g/mol.